The Bertz CT molecular complexity index is 745. The second-order valence-corrected chi connectivity index (χ2v) is 9.75. The minimum absolute atomic E-state index is 0.212. The molecule has 1 aliphatic carbocycles. The highest BCUT2D eigenvalue weighted by Crippen LogP contribution is 2.57. The van der Waals surface area contributed by atoms with Crippen molar-refractivity contribution in [2.45, 2.75) is 63.8 Å². The number of likely N-dealkylation sites (tertiary alicyclic amines) is 1. The van der Waals surface area contributed by atoms with Crippen molar-refractivity contribution in [3.8, 4) is 11.5 Å². The summed E-state index contributed by atoms with van der Waals surface area (Å²) in [6.07, 6.45) is 3.99. The van der Waals surface area contributed by atoms with Crippen LogP contribution in [0, 0.1) is 5.41 Å². The first-order chi connectivity index (χ1) is 12.5. The average molecular weight is 395 g/mol. The molecular weight excluding hydrogens is 368 g/mol. The van der Waals surface area contributed by atoms with E-state index in [1.165, 1.54) is 5.56 Å². The quantitative estimate of drug-likeness (QED) is 0.641. The first kappa shape index (κ1) is 18.8. The number of rotatable bonds is 1. The number of hydrogen-bond donors (Lipinski definition) is 0. The number of nitrogens with zero attached hydrogens (tertiary/aromatic N) is 1. The number of ether oxygens (including phenoxy) is 3. The molecule has 0 N–H and O–H groups in total. The van der Waals surface area contributed by atoms with Crippen molar-refractivity contribution in [2.24, 2.45) is 5.41 Å². The predicted molar refractivity (Wildman–Crippen MR) is 103 cm³/mol. The fourth-order valence-electron chi connectivity index (χ4n) is 4.38. The van der Waals surface area contributed by atoms with Crippen LogP contribution in [0.2, 0.25) is 0 Å². The van der Waals surface area contributed by atoms with E-state index >= 15 is 0 Å². The number of fused-ring (bicyclic) bond motifs is 1. The van der Waals surface area contributed by atoms with Gasteiger partial charge < -0.3 is 19.1 Å². The number of halogens is 1. The fourth-order valence-corrected chi connectivity index (χ4v) is 4.64. The molecule has 1 aromatic rings. The second kappa shape index (κ2) is 6.23. The van der Waals surface area contributed by atoms with Crippen LogP contribution < -0.4 is 9.47 Å². The summed E-state index contributed by atoms with van der Waals surface area (Å²) in [5, 5.41) is 0. The lowest BCUT2D eigenvalue weighted by Gasteiger charge is -2.52. The smallest absolute Gasteiger partial charge is 0.418 e. The Labute approximate surface area is 161 Å². The Kier molecular flexibility index (Phi) is 4.34. The summed E-state index contributed by atoms with van der Waals surface area (Å²) in [5.74, 6) is -0.802. The van der Waals surface area contributed by atoms with E-state index in [1.54, 1.807) is 6.07 Å². The molecule has 2 fully saturated rings. The molecule has 0 radical (unpaired) electrons. The van der Waals surface area contributed by atoms with Gasteiger partial charge >= 0.3 is 11.9 Å². The lowest BCUT2D eigenvalue weighted by Crippen LogP contribution is -2.49. The monoisotopic (exact) mass is 395 g/mol. The van der Waals surface area contributed by atoms with Gasteiger partial charge in [-0.05, 0) is 84.7 Å². The first-order valence-corrected chi connectivity index (χ1v) is 10.1. The lowest BCUT2D eigenvalue weighted by atomic mass is 9.56. The zero-order chi connectivity index (χ0) is 19.4. The van der Waals surface area contributed by atoms with Crippen molar-refractivity contribution >= 4 is 15.3 Å². The topological polar surface area (TPSA) is 48.0 Å². The molecule has 3 aliphatic rings. The fraction of sp³-hybridized carbons (Fsp3) is 0.650. The van der Waals surface area contributed by atoms with Gasteiger partial charge in [0.05, 0.1) is 0 Å². The highest BCUT2D eigenvalue weighted by atomic mass is 31.0. The summed E-state index contributed by atoms with van der Waals surface area (Å²) in [6.45, 7) is 7.17. The summed E-state index contributed by atoms with van der Waals surface area (Å²) in [7, 11) is 1.93. The number of benzene rings is 1. The summed E-state index contributed by atoms with van der Waals surface area (Å²) >= 11 is 0. The molecule has 2 atom stereocenters. The zero-order valence-electron chi connectivity index (χ0n) is 16.1. The van der Waals surface area contributed by atoms with Crippen molar-refractivity contribution in [3.63, 3.8) is 0 Å². The third-order valence-corrected chi connectivity index (χ3v) is 6.01. The third kappa shape index (κ3) is 3.87. The Balaban J connectivity index is 1.32. The first-order valence-electron chi connectivity index (χ1n) is 9.52. The Morgan fingerprint density at radius 1 is 1.22 bits per heavy atom. The van der Waals surface area contributed by atoms with Crippen LogP contribution in [0.25, 0.3) is 0 Å². The number of amides is 1. The van der Waals surface area contributed by atoms with E-state index in [2.05, 4.69) is 0 Å². The zero-order valence-corrected chi connectivity index (χ0v) is 17.2. The molecule has 1 saturated carbocycles. The molecule has 5 nitrogen and oxygen atoms in total. The van der Waals surface area contributed by atoms with Gasteiger partial charge in [-0.25, -0.2) is 4.79 Å². The molecule has 0 aromatic heterocycles. The molecule has 27 heavy (non-hydrogen) atoms. The van der Waals surface area contributed by atoms with E-state index in [0.29, 0.717) is 22.8 Å². The van der Waals surface area contributed by atoms with E-state index < -0.39 is 11.4 Å². The third-order valence-electron chi connectivity index (χ3n) is 5.77. The molecule has 2 aliphatic heterocycles. The van der Waals surface area contributed by atoms with Crippen LogP contribution in [0.15, 0.2) is 18.2 Å². The van der Waals surface area contributed by atoms with Crippen molar-refractivity contribution in [1.82, 2.24) is 4.90 Å². The molecule has 2 heterocycles. The summed E-state index contributed by atoms with van der Waals surface area (Å²) < 4.78 is 29.5. The summed E-state index contributed by atoms with van der Waals surface area (Å²) in [6, 6.07) is 5.68. The molecule has 7 heteroatoms. The standard InChI is InChI=1S/C20H27FNO4P/c1-18(2,3)26-17(23)22-8-6-19(7-9-22)11-14(12-19)13-4-5-15-16(10-13)25-20(21,27)24-15/h4-5,10,14H,6-9,11-12,27H2,1-3H3. The lowest BCUT2D eigenvalue weighted by molar-refractivity contribution is -0.104. The largest absolute Gasteiger partial charge is 0.444 e. The number of carbonyl (C=O) groups excluding carboxylic acids is 1. The normalized spacial score (nSPS) is 26.8. The predicted octanol–water partition coefficient (Wildman–Crippen LogP) is 4.81. The van der Waals surface area contributed by atoms with E-state index in [4.69, 9.17) is 14.2 Å². The molecule has 1 aromatic carbocycles. The molecule has 148 valence electrons. The molecule has 1 saturated heterocycles. The maximum atomic E-state index is 13.8. The average Bonchev–Trinajstić information content (AvgIpc) is 2.83. The summed E-state index contributed by atoms with van der Waals surface area (Å²) in [5.41, 5.74) is 1.02. The summed E-state index contributed by atoms with van der Waals surface area (Å²) in [4.78, 5) is 14.0. The van der Waals surface area contributed by atoms with Crippen LogP contribution in [0.3, 0.4) is 0 Å². The second-order valence-electron chi connectivity index (χ2n) is 9.07. The molecular formula is C20H27FNO4P. The van der Waals surface area contributed by atoms with Crippen LogP contribution >= 0.6 is 9.24 Å². The number of hydrogen-bond acceptors (Lipinski definition) is 4. The van der Waals surface area contributed by atoms with Gasteiger partial charge in [-0.2, -0.15) is 4.39 Å². The van der Waals surface area contributed by atoms with Crippen LogP contribution in [0.4, 0.5) is 9.18 Å². The molecule has 0 bridgehead atoms. The SMILES string of the molecule is CC(C)(C)OC(=O)N1CCC2(CC1)CC(c1ccc3c(c1)OC(F)(P)O3)C2. The van der Waals surface area contributed by atoms with Crippen LogP contribution in [-0.2, 0) is 4.74 Å². The highest BCUT2D eigenvalue weighted by Gasteiger charge is 2.47. The Morgan fingerprint density at radius 2 is 1.85 bits per heavy atom. The maximum absolute atomic E-state index is 13.8. The van der Waals surface area contributed by atoms with E-state index in [9.17, 15) is 9.18 Å². The van der Waals surface area contributed by atoms with Gasteiger partial charge in [-0.15, -0.1) is 0 Å². The van der Waals surface area contributed by atoms with Gasteiger partial charge in [0.15, 0.2) is 11.5 Å². The number of alkyl halides is 1. The van der Waals surface area contributed by atoms with Gasteiger partial charge in [0, 0.05) is 13.1 Å². The maximum Gasteiger partial charge on any atom is 0.418 e. The van der Waals surface area contributed by atoms with Crippen LogP contribution in [-0.4, -0.2) is 35.5 Å². The van der Waals surface area contributed by atoms with Gasteiger partial charge in [-0.1, -0.05) is 6.07 Å². The molecule has 4 rings (SSSR count). The van der Waals surface area contributed by atoms with Crippen molar-refractivity contribution < 1.29 is 23.4 Å². The molecule has 1 spiro atoms. The van der Waals surface area contributed by atoms with E-state index in [1.807, 2.05) is 47.0 Å². The van der Waals surface area contributed by atoms with E-state index in [-0.39, 0.29) is 6.09 Å². The van der Waals surface area contributed by atoms with Crippen molar-refractivity contribution in [2.75, 3.05) is 13.1 Å². The van der Waals surface area contributed by atoms with Crippen LogP contribution in [0.1, 0.15) is 57.9 Å². The van der Waals surface area contributed by atoms with E-state index in [0.717, 1.165) is 38.8 Å². The minimum Gasteiger partial charge on any atom is -0.444 e. The number of carbonyl (C=O) groups is 1. The van der Waals surface area contributed by atoms with Crippen LogP contribution in [0.5, 0.6) is 11.5 Å². The van der Waals surface area contributed by atoms with Gasteiger partial charge in [0.2, 0.25) is 0 Å². The Hall–Kier alpha value is -1.55. The van der Waals surface area contributed by atoms with Crippen molar-refractivity contribution in [1.29, 1.82) is 0 Å². The van der Waals surface area contributed by atoms with Gasteiger partial charge in [0.1, 0.15) is 5.60 Å². The number of piperidine rings is 1. The Morgan fingerprint density at radius 3 is 2.48 bits per heavy atom. The van der Waals surface area contributed by atoms with Gasteiger partial charge in [-0.3, -0.25) is 0 Å². The molecule has 1 amide bonds. The minimum atomic E-state index is -2.16. The van der Waals surface area contributed by atoms with Gasteiger partial charge in [0.25, 0.3) is 0 Å². The van der Waals surface area contributed by atoms with Crippen molar-refractivity contribution in [3.05, 3.63) is 23.8 Å². The molecule has 2 unspecified atom stereocenters. The highest BCUT2D eigenvalue weighted by molar-refractivity contribution is 7.18.